The molecule has 0 atom stereocenters. The van der Waals surface area contributed by atoms with Gasteiger partial charge in [-0.2, -0.15) is 10.2 Å². The molecule has 148 valence electrons. The normalized spacial score (nSPS) is 13.8. The lowest BCUT2D eigenvalue weighted by atomic mass is 10.2. The maximum atomic E-state index is 12.7. The lowest BCUT2D eigenvalue weighted by molar-refractivity contribution is -0.133. The van der Waals surface area contributed by atoms with Crippen molar-refractivity contribution in [3.05, 3.63) is 54.0 Å². The van der Waals surface area contributed by atoms with Crippen molar-refractivity contribution < 1.29 is 4.79 Å². The first-order valence-electron chi connectivity index (χ1n) is 9.84. The molecule has 0 radical (unpaired) electrons. The third kappa shape index (κ3) is 3.20. The Morgan fingerprint density at radius 2 is 2.07 bits per heavy atom. The fourth-order valence-electron chi connectivity index (χ4n) is 3.92. The van der Waals surface area contributed by atoms with E-state index in [1.165, 1.54) is 0 Å². The van der Waals surface area contributed by atoms with Crippen molar-refractivity contribution in [1.29, 1.82) is 0 Å². The van der Waals surface area contributed by atoms with E-state index >= 15 is 0 Å². The van der Waals surface area contributed by atoms with Crippen molar-refractivity contribution in [3.63, 3.8) is 0 Å². The summed E-state index contributed by atoms with van der Waals surface area (Å²) in [5.41, 5.74) is 5.04. The van der Waals surface area contributed by atoms with Crippen LogP contribution in [0, 0.1) is 6.92 Å². The molecule has 3 aromatic heterocycles. The smallest absolute Gasteiger partial charge is 0.224 e. The Kier molecular flexibility index (Phi) is 4.19. The first-order valence-corrected chi connectivity index (χ1v) is 9.84. The summed E-state index contributed by atoms with van der Waals surface area (Å²) in [5, 5.41) is 9.00. The van der Waals surface area contributed by atoms with Crippen LogP contribution in [0.3, 0.4) is 0 Å². The van der Waals surface area contributed by atoms with Crippen LogP contribution < -0.4 is 0 Å². The highest BCUT2D eigenvalue weighted by molar-refractivity contribution is 5.80. The van der Waals surface area contributed by atoms with Gasteiger partial charge in [-0.1, -0.05) is 12.1 Å². The number of aromatic nitrogens is 6. The SMILES string of the molecule is Cc1cnn(CCC(=O)N2CCn3nc(-c4nc5ccccc5n4C)cc3C2)c1. The van der Waals surface area contributed by atoms with Gasteiger partial charge < -0.3 is 9.47 Å². The Bertz CT molecular complexity index is 1200. The van der Waals surface area contributed by atoms with Crippen LogP contribution in [-0.2, 0) is 31.5 Å². The molecule has 5 rings (SSSR count). The highest BCUT2D eigenvalue weighted by atomic mass is 16.2. The van der Waals surface area contributed by atoms with E-state index in [9.17, 15) is 4.79 Å². The highest BCUT2D eigenvalue weighted by Gasteiger charge is 2.24. The molecule has 1 amide bonds. The van der Waals surface area contributed by atoms with Crippen LogP contribution in [0.5, 0.6) is 0 Å². The average Bonchev–Trinajstić information content (AvgIpc) is 3.42. The monoisotopic (exact) mass is 389 g/mol. The first kappa shape index (κ1) is 17.7. The maximum Gasteiger partial charge on any atom is 0.224 e. The van der Waals surface area contributed by atoms with E-state index in [-0.39, 0.29) is 5.91 Å². The predicted octanol–water partition coefficient (Wildman–Crippen LogP) is 2.37. The number of nitrogens with zero attached hydrogens (tertiary/aromatic N) is 7. The molecule has 1 aromatic carbocycles. The van der Waals surface area contributed by atoms with E-state index in [0.717, 1.165) is 33.8 Å². The number of hydrogen-bond donors (Lipinski definition) is 0. The molecule has 1 aliphatic rings. The summed E-state index contributed by atoms with van der Waals surface area (Å²) in [5.74, 6) is 0.995. The van der Waals surface area contributed by atoms with E-state index < -0.39 is 0 Å². The Morgan fingerprint density at radius 1 is 1.21 bits per heavy atom. The van der Waals surface area contributed by atoms with Gasteiger partial charge in [-0.15, -0.1) is 0 Å². The fraction of sp³-hybridized carbons (Fsp3) is 0.333. The zero-order valence-corrected chi connectivity index (χ0v) is 16.6. The van der Waals surface area contributed by atoms with Gasteiger partial charge in [0.05, 0.1) is 36.0 Å². The van der Waals surface area contributed by atoms with Crippen LogP contribution in [0.15, 0.2) is 42.7 Å². The Balaban J connectivity index is 1.33. The molecular formula is C21H23N7O. The molecule has 4 aromatic rings. The van der Waals surface area contributed by atoms with Crippen LogP contribution >= 0.6 is 0 Å². The van der Waals surface area contributed by atoms with Gasteiger partial charge in [-0.3, -0.25) is 14.2 Å². The molecule has 0 N–H and O–H groups in total. The second-order valence-electron chi connectivity index (χ2n) is 7.57. The molecule has 8 nitrogen and oxygen atoms in total. The Hall–Kier alpha value is -3.42. The Morgan fingerprint density at radius 3 is 2.86 bits per heavy atom. The van der Waals surface area contributed by atoms with Crippen LogP contribution in [-0.4, -0.2) is 46.5 Å². The zero-order chi connectivity index (χ0) is 20.0. The van der Waals surface area contributed by atoms with Gasteiger partial charge in [-0.05, 0) is 30.7 Å². The zero-order valence-electron chi connectivity index (χ0n) is 16.6. The van der Waals surface area contributed by atoms with Gasteiger partial charge >= 0.3 is 0 Å². The van der Waals surface area contributed by atoms with Crippen LogP contribution in [0.4, 0.5) is 0 Å². The summed E-state index contributed by atoms with van der Waals surface area (Å²) in [6, 6.07) is 10.1. The third-order valence-corrected chi connectivity index (χ3v) is 5.48. The molecule has 0 saturated heterocycles. The second kappa shape index (κ2) is 6.88. The van der Waals surface area contributed by atoms with Gasteiger partial charge in [0, 0.05) is 32.8 Å². The number of carbonyl (C=O) groups is 1. The summed E-state index contributed by atoms with van der Waals surface area (Å²) in [7, 11) is 2.01. The van der Waals surface area contributed by atoms with Crippen LogP contribution in [0.1, 0.15) is 17.7 Å². The fourth-order valence-corrected chi connectivity index (χ4v) is 3.92. The minimum absolute atomic E-state index is 0.148. The highest BCUT2D eigenvalue weighted by Crippen LogP contribution is 2.25. The van der Waals surface area contributed by atoms with Gasteiger partial charge in [0.1, 0.15) is 5.69 Å². The molecule has 4 heterocycles. The van der Waals surface area contributed by atoms with Gasteiger partial charge in [0.25, 0.3) is 0 Å². The van der Waals surface area contributed by atoms with Crippen LogP contribution in [0.25, 0.3) is 22.6 Å². The molecule has 0 fully saturated rings. The molecule has 0 unspecified atom stereocenters. The van der Waals surface area contributed by atoms with E-state index in [1.54, 1.807) is 0 Å². The first-order chi connectivity index (χ1) is 14.1. The van der Waals surface area contributed by atoms with Crippen molar-refractivity contribution in [3.8, 4) is 11.5 Å². The van der Waals surface area contributed by atoms with Crippen LogP contribution in [0.2, 0.25) is 0 Å². The average molecular weight is 389 g/mol. The van der Waals surface area contributed by atoms with Crippen molar-refractivity contribution in [2.24, 2.45) is 7.05 Å². The van der Waals surface area contributed by atoms with E-state index in [0.29, 0.717) is 32.6 Å². The maximum absolute atomic E-state index is 12.7. The molecule has 0 aliphatic carbocycles. The molecule has 8 heteroatoms. The molecule has 0 spiro atoms. The van der Waals surface area contributed by atoms with E-state index in [2.05, 4.69) is 21.8 Å². The molecule has 29 heavy (non-hydrogen) atoms. The number of aryl methyl sites for hydroxylation is 3. The van der Waals surface area contributed by atoms with Crippen molar-refractivity contribution in [1.82, 2.24) is 34.0 Å². The lowest BCUT2D eigenvalue weighted by Gasteiger charge is -2.27. The van der Waals surface area contributed by atoms with Crippen molar-refractivity contribution in [2.45, 2.75) is 33.0 Å². The number of hydrogen-bond acceptors (Lipinski definition) is 4. The summed E-state index contributed by atoms with van der Waals surface area (Å²) < 4.78 is 5.89. The predicted molar refractivity (Wildman–Crippen MR) is 109 cm³/mol. The molecule has 0 bridgehead atoms. The van der Waals surface area contributed by atoms with Crippen molar-refractivity contribution in [2.75, 3.05) is 6.54 Å². The molecule has 1 aliphatic heterocycles. The number of carbonyl (C=O) groups excluding carboxylic acids is 1. The topological polar surface area (TPSA) is 73.8 Å². The van der Waals surface area contributed by atoms with Gasteiger partial charge in [0.15, 0.2) is 5.82 Å². The van der Waals surface area contributed by atoms with Crippen molar-refractivity contribution >= 4 is 16.9 Å². The van der Waals surface area contributed by atoms with E-state index in [1.807, 2.05) is 58.8 Å². The molecule has 0 saturated carbocycles. The lowest BCUT2D eigenvalue weighted by Crippen LogP contribution is -2.38. The standard InChI is InChI=1S/C21H23N7O/c1-15-12-22-27(13-15)8-7-20(29)26-9-10-28-16(14-26)11-18(24-28)21-23-17-5-3-4-6-19(17)25(21)2/h3-6,11-13H,7-10,14H2,1-2H3. The summed E-state index contributed by atoms with van der Waals surface area (Å²) in [6.45, 7) is 4.56. The number of imidazole rings is 1. The summed E-state index contributed by atoms with van der Waals surface area (Å²) in [6.07, 6.45) is 4.22. The Labute approximate surface area is 168 Å². The van der Waals surface area contributed by atoms with Gasteiger partial charge in [-0.25, -0.2) is 4.98 Å². The second-order valence-corrected chi connectivity index (χ2v) is 7.57. The van der Waals surface area contributed by atoms with E-state index in [4.69, 9.17) is 10.1 Å². The summed E-state index contributed by atoms with van der Waals surface area (Å²) >= 11 is 0. The minimum atomic E-state index is 0.148. The number of fused-ring (bicyclic) bond motifs is 2. The summed E-state index contributed by atoms with van der Waals surface area (Å²) in [4.78, 5) is 19.3. The largest absolute Gasteiger partial charge is 0.335 e. The number of benzene rings is 1. The van der Waals surface area contributed by atoms with Gasteiger partial charge in [0.2, 0.25) is 5.91 Å². The quantitative estimate of drug-likeness (QED) is 0.537. The molecular weight excluding hydrogens is 366 g/mol. The third-order valence-electron chi connectivity index (χ3n) is 5.48. The number of amides is 1. The number of rotatable bonds is 4. The number of para-hydroxylation sites is 2. The minimum Gasteiger partial charge on any atom is -0.335 e.